The highest BCUT2D eigenvalue weighted by atomic mass is 32.2. The van der Waals surface area contributed by atoms with E-state index in [1.165, 1.54) is 12.3 Å². The SMILES string of the molecule is O=C(c1cncc(F)c1)C1CSCCN1. The van der Waals surface area contributed by atoms with E-state index in [1.54, 1.807) is 11.8 Å². The van der Waals surface area contributed by atoms with Crippen molar-refractivity contribution in [3.63, 3.8) is 0 Å². The first kappa shape index (κ1) is 10.6. The lowest BCUT2D eigenvalue weighted by molar-refractivity contribution is 0.0952. The minimum Gasteiger partial charge on any atom is -0.306 e. The molecule has 1 aromatic rings. The number of carbonyl (C=O) groups excluding carboxylic acids is 1. The number of carbonyl (C=O) groups is 1. The summed E-state index contributed by atoms with van der Waals surface area (Å²) in [5.74, 6) is 1.22. The third kappa shape index (κ3) is 2.54. The van der Waals surface area contributed by atoms with Gasteiger partial charge in [-0.2, -0.15) is 11.8 Å². The molecule has 0 radical (unpaired) electrons. The Kier molecular flexibility index (Phi) is 3.33. The quantitative estimate of drug-likeness (QED) is 0.767. The molecule has 1 aliphatic rings. The van der Waals surface area contributed by atoms with Crippen LogP contribution in [0.1, 0.15) is 10.4 Å². The van der Waals surface area contributed by atoms with E-state index in [-0.39, 0.29) is 11.8 Å². The Hall–Kier alpha value is -0.940. The van der Waals surface area contributed by atoms with E-state index >= 15 is 0 Å². The third-order valence-corrected chi connectivity index (χ3v) is 3.29. The molecule has 1 fully saturated rings. The molecule has 0 aliphatic carbocycles. The molecule has 5 heteroatoms. The molecular weight excluding hydrogens is 215 g/mol. The number of halogens is 1. The number of thioether (sulfide) groups is 1. The van der Waals surface area contributed by atoms with E-state index in [1.807, 2.05) is 0 Å². The smallest absolute Gasteiger partial charge is 0.182 e. The number of hydrogen-bond donors (Lipinski definition) is 1. The predicted molar refractivity (Wildman–Crippen MR) is 57.6 cm³/mol. The van der Waals surface area contributed by atoms with Gasteiger partial charge in [0.2, 0.25) is 0 Å². The van der Waals surface area contributed by atoms with Crippen molar-refractivity contribution in [3.05, 3.63) is 29.8 Å². The van der Waals surface area contributed by atoms with Gasteiger partial charge < -0.3 is 5.32 Å². The van der Waals surface area contributed by atoms with Gasteiger partial charge in [0.1, 0.15) is 5.82 Å². The van der Waals surface area contributed by atoms with Crippen molar-refractivity contribution in [2.45, 2.75) is 6.04 Å². The standard InChI is InChI=1S/C10H11FN2OS/c11-8-3-7(4-12-5-8)10(14)9-6-15-2-1-13-9/h3-5,9,13H,1-2,6H2. The van der Waals surface area contributed by atoms with Crippen LogP contribution in [-0.2, 0) is 0 Å². The fourth-order valence-electron chi connectivity index (χ4n) is 1.48. The molecule has 0 aromatic carbocycles. The fourth-order valence-corrected chi connectivity index (χ4v) is 2.42. The third-order valence-electron chi connectivity index (χ3n) is 2.23. The zero-order chi connectivity index (χ0) is 10.7. The van der Waals surface area contributed by atoms with E-state index in [9.17, 15) is 9.18 Å². The Balaban J connectivity index is 2.12. The molecule has 1 aliphatic heterocycles. The summed E-state index contributed by atoms with van der Waals surface area (Å²) in [6.07, 6.45) is 2.51. The zero-order valence-corrected chi connectivity index (χ0v) is 8.89. The molecule has 1 N–H and O–H groups in total. The molecule has 1 unspecified atom stereocenters. The van der Waals surface area contributed by atoms with Crippen molar-refractivity contribution in [1.82, 2.24) is 10.3 Å². The second kappa shape index (κ2) is 4.72. The van der Waals surface area contributed by atoms with Gasteiger partial charge in [-0.15, -0.1) is 0 Å². The number of rotatable bonds is 2. The molecule has 1 atom stereocenters. The van der Waals surface area contributed by atoms with Gasteiger partial charge in [-0.1, -0.05) is 0 Å². The van der Waals surface area contributed by atoms with Crippen LogP contribution >= 0.6 is 11.8 Å². The summed E-state index contributed by atoms with van der Waals surface area (Å²) in [5, 5.41) is 3.12. The second-order valence-corrected chi connectivity index (χ2v) is 4.49. The van der Waals surface area contributed by atoms with Crippen molar-refractivity contribution < 1.29 is 9.18 Å². The van der Waals surface area contributed by atoms with Gasteiger partial charge in [0.25, 0.3) is 0 Å². The van der Waals surface area contributed by atoms with E-state index in [0.717, 1.165) is 24.2 Å². The van der Waals surface area contributed by atoms with Gasteiger partial charge in [0.15, 0.2) is 5.78 Å². The molecule has 3 nitrogen and oxygen atoms in total. The lowest BCUT2D eigenvalue weighted by atomic mass is 10.1. The first-order valence-electron chi connectivity index (χ1n) is 4.73. The second-order valence-electron chi connectivity index (χ2n) is 3.34. The van der Waals surface area contributed by atoms with Crippen LogP contribution in [0.3, 0.4) is 0 Å². The topological polar surface area (TPSA) is 42.0 Å². The summed E-state index contributed by atoms with van der Waals surface area (Å²) in [6, 6.07) is 1.03. The molecule has 2 heterocycles. The fraction of sp³-hybridized carbons (Fsp3) is 0.400. The van der Waals surface area contributed by atoms with Crippen molar-refractivity contribution in [1.29, 1.82) is 0 Å². The van der Waals surface area contributed by atoms with Crippen molar-refractivity contribution in [2.75, 3.05) is 18.1 Å². The molecule has 1 aromatic heterocycles. The number of Topliss-reactive ketones (excluding diaryl/α,β-unsaturated/α-hetero) is 1. The van der Waals surface area contributed by atoms with Crippen LogP contribution in [0.5, 0.6) is 0 Å². The number of hydrogen-bond acceptors (Lipinski definition) is 4. The van der Waals surface area contributed by atoms with Gasteiger partial charge in [0.05, 0.1) is 12.2 Å². The highest BCUT2D eigenvalue weighted by Gasteiger charge is 2.22. The minimum atomic E-state index is -0.468. The van der Waals surface area contributed by atoms with Crippen LogP contribution in [0.25, 0.3) is 0 Å². The van der Waals surface area contributed by atoms with Gasteiger partial charge in [-0.25, -0.2) is 4.39 Å². The normalized spacial score (nSPS) is 21.3. The number of nitrogens with zero attached hydrogens (tertiary/aromatic N) is 1. The number of ketones is 1. The van der Waals surface area contributed by atoms with E-state index in [2.05, 4.69) is 10.3 Å². The molecule has 0 saturated carbocycles. The maximum Gasteiger partial charge on any atom is 0.182 e. The predicted octanol–water partition coefficient (Wildman–Crippen LogP) is 1.11. The van der Waals surface area contributed by atoms with Crippen LogP contribution in [0.4, 0.5) is 4.39 Å². The maximum atomic E-state index is 12.9. The largest absolute Gasteiger partial charge is 0.306 e. The van der Waals surface area contributed by atoms with E-state index < -0.39 is 5.82 Å². The zero-order valence-electron chi connectivity index (χ0n) is 8.07. The van der Waals surface area contributed by atoms with Crippen molar-refractivity contribution in [3.8, 4) is 0 Å². The Labute approximate surface area is 91.5 Å². The molecule has 15 heavy (non-hydrogen) atoms. The highest BCUT2D eigenvalue weighted by molar-refractivity contribution is 7.99. The monoisotopic (exact) mass is 226 g/mol. The maximum absolute atomic E-state index is 12.9. The van der Waals surface area contributed by atoms with Crippen LogP contribution in [0, 0.1) is 5.82 Å². The number of aromatic nitrogens is 1. The van der Waals surface area contributed by atoms with Crippen LogP contribution in [-0.4, -0.2) is 34.9 Å². The average molecular weight is 226 g/mol. The summed E-state index contributed by atoms with van der Waals surface area (Å²) in [5.41, 5.74) is 0.343. The summed E-state index contributed by atoms with van der Waals surface area (Å²) in [6.45, 7) is 0.823. The molecule has 80 valence electrons. The molecule has 1 saturated heterocycles. The summed E-state index contributed by atoms with van der Waals surface area (Å²) < 4.78 is 12.9. The van der Waals surface area contributed by atoms with Crippen LogP contribution in [0.2, 0.25) is 0 Å². The summed E-state index contributed by atoms with van der Waals surface area (Å²) in [7, 11) is 0. The molecule has 0 spiro atoms. The highest BCUT2D eigenvalue weighted by Crippen LogP contribution is 2.12. The molecule has 0 amide bonds. The average Bonchev–Trinajstić information content (AvgIpc) is 2.29. The van der Waals surface area contributed by atoms with Crippen molar-refractivity contribution in [2.24, 2.45) is 0 Å². The summed E-state index contributed by atoms with van der Waals surface area (Å²) in [4.78, 5) is 15.5. The van der Waals surface area contributed by atoms with Crippen LogP contribution in [0.15, 0.2) is 18.5 Å². The van der Waals surface area contributed by atoms with Gasteiger partial charge in [-0.05, 0) is 6.07 Å². The minimum absolute atomic E-state index is 0.0748. The lowest BCUT2D eigenvalue weighted by Gasteiger charge is -2.21. The van der Waals surface area contributed by atoms with E-state index in [0.29, 0.717) is 5.56 Å². The Bertz CT molecular complexity index is 366. The van der Waals surface area contributed by atoms with Crippen LogP contribution < -0.4 is 5.32 Å². The van der Waals surface area contributed by atoms with Gasteiger partial charge >= 0.3 is 0 Å². The summed E-state index contributed by atoms with van der Waals surface area (Å²) >= 11 is 1.73. The van der Waals surface area contributed by atoms with E-state index in [4.69, 9.17) is 0 Å². The van der Waals surface area contributed by atoms with Crippen molar-refractivity contribution >= 4 is 17.5 Å². The number of pyridine rings is 1. The molecule has 2 rings (SSSR count). The molecular formula is C10H11FN2OS. The first-order chi connectivity index (χ1) is 7.27. The lowest BCUT2D eigenvalue weighted by Crippen LogP contribution is -2.43. The van der Waals surface area contributed by atoms with Gasteiger partial charge in [0, 0.05) is 29.8 Å². The first-order valence-corrected chi connectivity index (χ1v) is 5.89. The Morgan fingerprint density at radius 3 is 3.13 bits per heavy atom. The van der Waals surface area contributed by atoms with Gasteiger partial charge in [-0.3, -0.25) is 9.78 Å². The Morgan fingerprint density at radius 1 is 1.60 bits per heavy atom. The Morgan fingerprint density at radius 2 is 2.47 bits per heavy atom. The number of nitrogens with one attached hydrogen (secondary N) is 1. The molecule has 0 bridgehead atoms.